The largest absolute Gasteiger partial charge is 0.0848 e. The Morgan fingerprint density at radius 1 is 0.818 bits per heavy atom. The van der Waals surface area contributed by atoms with E-state index in [1.54, 1.807) is 0 Å². The molecule has 11 heavy (non-hydrogen) atoms. The maximum atomic E-state index is 2.50. The van der Waals surface area contributed by atoms with Gasteiger partial charge in [-0.3, -0.25) is 0 Å². The highest BCUT2D eigenvalue weighted by molar-refractivity contribution is 5.13. The molecule has 2 unspecified atom stereocenters. The van der Waals surface area contributed by atoms with E-state index in [0.29, 0.717) is 0 Å². The Morgan fingerprint density at radius 3 is 1.91 bits per heavy atom. The molecule has 2 saturated carbocycles. The number of fused-ring (bicyclic) bond motifs is 5. The van der Waals surface area contributed by atoms with Gasteiger partial charge in [-0.2, -0.15) is 0 Å². The first-order chi connectivity index (χ1) is 5.45. The van der Waals surface area contributed by atoms with Gasteiger partial charge in [-0.25, -0.2) is 0 Å². The first-order valence-electron chi connectivity index (χ1n) is 5.13. The smallest absolute Gasteiger partial charge is 0.0196 e. The number of hydrogen-bond donors (Lipinski definition) is 0. The molecule has 0 aromatic carbocycles. The normalized spacial score (nSPS) is 53.1. The molecule has 0 amide bonds. The van der Waals surface area contributed by atoms with E-state index < -0.39 is 0 Å². The third-order valence-corrected chi connectivity index (χ3v) is 4.12. The van der Waals surface area contributed by atoms with Crippen LogP contribution >= 0.6 is 0 Å². The topological polar surface area (TPSA) is 0 Å². The van der Waals surface area contributed by atoms with Crippen LogP contribution < -0.4 is 0 Å². The van der Waals surface area contributed by atoms with Crippen LogP contribution in [0.3, 0.4) is 0 Å². The van der Waals surface area contributed by atoms with Crippen molar-refractivity contribution in [3.63, 3.8) is 0 Å². The zero-order valence-electron chi connectivity index (χ0n) is 7.00. The molecule has 60 valence electrons. The third-order valence-electron chi connectivity index (χ3n) is 4.12. The first-order valence-corrected chi connectivity index (χ1v) is 5.13. The fourth-order valence-corrected chi connectivity index (χ4v) is 3.64. The molecule has 0 radical (unpaired) electrons. The van der Waals surface area contributed by atoms with E-state index in [4.69, 9.17) is 0 Å². The Morgan fingerprint density at radius 2 is 1.36 bits per heavy atom. The second-order valence-corrected chi connectivity index (χ2v) is 4.56. The van der Waals surface area contributed by atoms with Crippen molar-refractivity contribution < 1.29 is 0 Å². The van der Waals surface area contributed by atoms with Crippen molar-refractivity contribution in [3.8, 4) is 0 Å². The van der Waals surface area contributed by atoms with Gasteiger partial charge in [0, 0.05) is 0 Å². The highest BCUT2D eigenvalue weighted by Gasteiger charge is 2.44. The minimum absolute atomic E-state index is 1.00. The van der Waals surface area contributed by atoms with Gasteiger partial charge in [-0.1, -0.05) is 25.0 Å². The summed E-state index contributed by atoms with van der Waals surface area (Å²) in [6.45, 7) is 0. The fourth-order valence-electron chi connectivity index (χ4n) is 3.64. The molecular weight excluding hydrogens is 132 g/mol. The second-order valence-electron chi connectivity index (χ2n) is 4.56. The molecule has 0 aliphatic heterocycles. The molecule has 0 saturated heterocycles. The standard InChI is InChI=1S/C11H16/c1-2-4-11-9-6-5-8(7-9)10(11)3-1/h5-6,8-11H,1-4,7H2/t8?,9?,10-,11-/m0/s1. The van der Waals surface area contributed by atoms with Gasteiger partial charge in [-0.05, 0) is 42.9 Å². The van der Waals surface area contributed by atoms with Crippen LogP contribution in [0.15, 0.2) is 12.2 Å². The van der Waals surface area contributed by atoms with Gasteiger partial charge < -0.3 is 0 Å². The third kappa shape index (κ3) is 0.758. The van der Waals surface area contributed by atoms with Crippen molar-refractivity contribution in [3.05, 3.63) is 12.2 Å². The molecule has 0 aromatic heterocycles. The lowest BCUT2D eigenvalue weighted by Gasteiger charge is -2.32. The van der Waals surface area contributed by atoms with E-state index in [0.717, 1.165) is 23.7 Å². The van der Waals surface area contributed by atoms with Crippen molar-refractivity contribution in [1.29, 1.82) is 0 Å². The molecule has 0 heterocycles. The first kappa shape index (κ1) is 6.28. The molecule has 0 nitrogen and oxygen atoms in total. The summed E-state index contributed by atoms with van der Waals surface area (Å²) in [5.74, 6) is 4.23. The summed E-state index contributed by atoms with van der Waals surface area (Å²) >= 11 is 0. The summed E-state index contributed by atoms with van der Waals surface area (Å²) in [5, 5.41) is 0. The van der Waals surface area contributed by atoms with Gasteiger partial charge in [0.1, 0.15) is 0 Å². The summed E-state index contributed by atoms with van der Waals surface area (Å²) in [7, 11) is 0. The lowest BCUT2D eigenvalue weighted by atomic mass is 9.73. The van der Waals surface area contributed by atoms with Gasteiger partial charge in [0.25, 0.3) is 0 Å². The Balaban J connectivity index is 1.90. The van der Waals surface area contributed by atoms with Crippen molar-refractivity contribution in [1.82, 2.24) is 0 Å². The molecule has 0 heteroatoms. The van der Waals surface area contributed by atoms with Crippen molar-refractivity contribution >= 4 is 0 Å². The van der Waals surface area contributed by atoms with Crippen molar-refractivity contribution in [2.24, 2.45) is 23.7 Å². The predicted octanol–water partition coefficient (Wildman–Crippen LogP) is 3.00. The molecule has 3 aliphatic carbocycles. The van der Waals surface area contributed by atoms with Crippen LogP contribution in [-0.2, 0) is 0 Å². The summed E-state index contributed by atoms with van der Waals surface area (Å²) in [6.07, 6.45) is 12.6. The Hall–Kier alpha value is -0.260. The zero-order valence-corrected chi connectivity index (χ0v) is 7.00. The molecule has 2 fully saturated rings. The highest BCUT2D eigenvalue weighted by Crippen LogP contribution is 2.53. The van der Waals surface area contributed by atoms with Gasteiger partial charge in [0.05, 0.1) is 0 Å². The van der Waals surface area contributed by atoms with Crippen LogP contribution in [0.1, 0.15) is 32.1 Å². The van der Waals surface area contributed by atoms with Crippen molar-refractivity contribution in [2.75, 3.05) is 0 Å². The lowest BCUT2D eigenvalue weighted by molar-refractivity contribution is 0.221. The molecule has 0 aromatic rings. The van der Waals surface area contributed by atoms with Crippen LogP contribution in [0.5, 0.6) is 0 Å². The van der Waals surface area contributed by atoms with E-state index >= 15 is 0 Å². The average Bonchev–Trinajstić information content (AvgIpc) is 2.64. The minimum Gasteiger partial charge on any atom is -0.0848 e. The summed E-state index contributed by atoms with van der Waals surface area (Å²) < 4.78 is 0. The van der Waals surface area contributed by atoms with Crippen LogP contribution in [0.4, 0.5) is 0 Å². The number of rotatable bonds is 0. The maximum Gasteiger partial charge on any atom is -0.0196 e. The summed E-state index contributed by atoms with van der Waals surface area (Å²) in [4.78, 5) is 0. The average molecular weight is 148 g/mol. The van der Waals surface area contributed by atoms with Gasteiger partial charge in [-0.15, -0.1) is 0 Å². The molecule has 4 atom stereocenters. The minimum atomic E-state index is 1.00. The van der Waals surface area contributed by atoms with E-state index in [1.165, 1.54) is 32.1 Å². The monoisotopic (exact) mass is 148 g/mol. The summed E-state index contributed by atoms with van der Waals surface area (Å²) in [5.41, 5.74) is 0. The van der Waals surface area contributed by atoms with E-state index in [2.05, 4.69) is 12.2 Å². The molecule has 0 spiro atoms. The SMILES string of the molecule is C1=CC2CC1[C@@H]1CCCC[C@@H]21. The quantitative estimate of drug-likeness (QED) is 0.463. The van der Waals surface area contributed by atoms with Crippen LogP contribution in [0.2, 0.25) is 0 Å². The van der Waals surface area contributed by atoms with E-state index in [-0.39, 0.29) is 0 Å². The fraction of sp³-hybridized carbons (Fsp3) is 0.818. The molecule has 3 aliphatic rings. The highest BCUT2D eigenvalue weighted by atomic mass is 14.5. The van der Waals surface area contributed by atoms with Crippen LogP contribution in [0.25, 0.3) is 0 Å². The zero-order chi connectivity index (χ0) is 7.26. The second kappa shape index (κ2) is 2.12. The predicted molar refractivity (Wildman–Crippen MR) is 46.2 cm³/mol. The molecule has 0 N–H and O–H groups in total. The molecular formula is C11H16. The number of allylic oxidation sites excluding steroid dienone is 2. The van der Waals surface area contributed by atoms with E-state index in [1.807, 2.05) is 0 Å². The number of hydrogen-bond acceptors (Lipinski definition) is 0. The lowest BCUT2D eigenvalue weighted by Crippen LogP contribution is -2.22. The van der Waals surface area contributed by atoms with Crippen LogP contribution in [-0.4, -0.2) is 0 Å². The van der Waals surface area contributed by atoms with Gasteiger partial charge in [0.15, 0.2) is 0 Å². The molecule has 3 rings (SSSR count). The van der Waals surface area contributed by atoms with Crippen LogP contribution in [0, 0.1) is 23.7 Å². The van der Waals surface area contributed by atoms with Crippen molar-refractivity contribution in [2.45, 2.75) is 32.1 Å². The molecule has 2 bridgehead atoms. The van der Waals surface area contributed by atoms with E-state index in [9.17, 15) is 0 Å². The Kier molecular flexibility index (Phi) is 1.21. The summed E-state index contributed by atoms with van der Waals surface area (Å²) in [6, 6.07) is 0. The maximum absolute atomic E-state index is 2.50. The Bertz CT molecular complexity index is 172. The van der Waals surface area contributed by atoms with Gasteiger partial charge >= 0.3 is 0 Å². The Labute approximate surface area is 68.7 Å². The van der Waals surface area contributed by atoms with Gasteiger partial charge in [0.2, 0.25) is 0 Å².